The van der Waals surface area contributed by atoms with Crippen LogP contribution in [0.4, 0.5) is 5.69 Å². The Morgan fingerprint density at radius 3 is 2.55 bits per heavy atom. The third-order valence-corrected chi connectivity index (χ3v) is 3.27. The Bertz CT molecular complexity index is 391. The van der Waals surface area contributed by atoms with Gasteiger partial charge in [-0.2, -0.15) is 0 Å². The third-order valence-electron chi connectivity index (χ3n) is 3.27. The number of unbranched alkanes of at least 4 members (excludes halogenated alkanes) is 4. The van der Waals surface area contributed by atoms with Crippen molar-refractivity contribution >= 4 is 11.9 Å². The molecule has 1 aromatic carbocycles. The van der Waals surface area contributed by atoms with Crippen molar-refractivity contribution < 1.29 is 4.74 Å². The maximum Gasteiger partial charge on any atom is 0.142 e. The Balaban J connectivity index is 2.58. The molecule has 1 rings (SSSR count). The minimum absolute atomic E-state index is 0.765. The molecule has 0 saturated heterocycles. The SMILES string of the molecule is CCCCCNc1cc(C=N)ccc1OCCCCC. The molecule has 112 valence electrons. The van der Waals surface area contributed by atoms with Crippen molar-refractivity contribution in [2.45, 2.75) is 52.4 Å². The molecule has 3 nitrogen and oxygen atoms in total. The molecule has 0 spiro atoms. The van der Waals surface area contributed by atoms with Crippen molar-refractivity contribution in [3.8, 4) is 5.75 Å². The number of anilines is 1. The third kappa shape index (κ3) is 6.09. The number of rotatable bonds is 11. The molecule has 0 aliphatic rings. The average Bonchev–Trinajstić information content (AvgIpc) is 2.49. The van der Waals surface area contributed by atoms with E-state index in [-0.39, 0.29) is 0 Å². The van der Waals surface area contributed by atoms with Gasteiger partial charge in [0.1, 0.15) is 5.75 Å². The predicted molar refractivity (Wildman–Crippen MR) is 87.4 cm³/mol. The van der Waals surface area contributed by atoms with E-state index in [4.69, 9.17) is 10.1 Å². The van der Waals surface area contributed by atoms with Crippen LogP contribution < -0.4 is 10.1 Å². The van der Waals surface area contributed by atoms with E-state index in [0.29, 0.717) is 0 Å². The van der Waals surface area contributed by atoms with Gasteiger partial charge in [-0.05, 0) is 36.6 Å². The van der Waals surface area contributed by atoms with Gasteiger partial charge in [-0.15, -0.1) is 0 Å². The number of benzene rings is 1. The smallest absolute Gasteiger partial charge is 0.142 e. The number of nitrogens with one attached hydrogen (secondary N) is 2. The van der Waals surface area contributed by atoms with Gasteiger partial charge in [0.2, 0.25) is 0 Å². The number of hydrogen-bond acceptors (Lipinski definition) is 3. The fourth-order valence-electron chi connectivity index (χ4n) is 2.03. The van der Waals surface area contributed by atoms with Gasteiger partial charge in [0.15, 0.2) is 0 Å². The zero-order valence-electron chi connectivity index (χ0n) is 12.9. The number of ether oxygens (including phenoxy) is 1. The van der Waals surface area contributed by atoms with Gasteiger partial charge in [-0.1, -0.05) is 39.5 Å². The van der Waals surface area contributed by atoms with Crippen molar-refractivity contribution in [1.29, 1.82) is 5.41 Å². The molecule has 20 heavy (non-hydrogen) atoms. The quantitative estimate of drug-likeness (QED) is 0.448. The summed E-state index contributed by atoms with van der Waals surface area (Å²) in [6, 6.07) is 5.89. The van der Waals surface area contributed by atoms with Gasteiger partial charge in [0.25, 0.3) is 0 Å². The van der Waals surface area contributed by atoms with Crippen molar-refractivity contribution in [2.24, 2.45) is 0 Å². The van der Waals surface area contributed by atoms with E-state index in [9.17, 15) is 0 Å². The largest absolute Gasteiger partial charge is 0.491 e. The first-order valence-electron chi connectivity index (χ1n) is 7.83. The van der Waals surface area contributed by atoms with Crippen LogP contribution in [-0.4, -0.2) is 19.4 Å². The van der Waals surface area contributed by atoms with Gasteiger partial charge < -0.3 is 15.5 Å². The van der Waals surface area contributed by atoms with Crippen molar-refractivity contribution in [1.82, 2.24) is 0 Å². The monoisotopic (exact) mass is 276 g/mol. The summed E-state index contributed by atoms with van der Waals surface area (Å²) in [6.45, 7) is 6.12. The first-order chi connectivity index (χ1) is 9.81. The fourth-order valence-corrected chi connectivity index (χ4v) is 2.03. The average molecular weight is 276 g/mol. The van der Waals surface area contributed by atoms with E-state index in [1.54, 1.807) is 0 Å². The van der Waals surface area contributed by atoms with Gasteiger partial charge >= 0.3 is 0 Å². The molecule has 0 aromatic heterocycles. The van der Waals surface area contributed by atoms with Gasteiger partial charge in [0.05, 0.1) is 12.3 Å². The van der Waals surface area contributed by atoms with E-state index < -0.39 is 0 Å². The van der Waals surface area contributed by atoms with Crippen LogP contribution in [0.1, 0.15) is 57.9 Å². The summed E-state index contributed by atoms with van der Waals surface area (Å²) in [4.78, 5) is 0. The maximum atomic E-state index is 7.35. The molecule has 0 saturated carbocycles. The second-order valence-corrected chi connectivity index (χ2v) is 5.09. The van der Waals surface area contributed by atoms with E-state index in [1.165, 1.54) is 38.3 Å². The van der Waals surface area contributed by atoms with Gasteiger partial charge in [-0.3, -0.25) is 0 Å². The van der Waals surface area contributed by atoms with E-state index in [2.05, 4.69) is 19.2 Å². The van der Waals surface area contributed by atoms with Crippen LogP contribution in [0.25, 0.3) is 0 Å². The summed E-state index contributed by atoms with van der Waals surface area (Å²) in [5.41, 5.74) is 1.92. The molecule has 2 N–H and O–H groups in total. The Labute approximate surface area is 123 Å². The number of hydrogen-bond donors (Lipinski definition) is 2. The predicted octanol–water partition coefficient (Wildman–Crippen LogP) is 4.86. The molecular weight excluding hydrogens is 248 g/mol. The molecular formula is C17H28N2O. The Kier molecular flexibility index (Phi) is 8.52. The highest BCUT2D eigenvalue weighted by Gasteiger charge is 2.04. The van der Waals surface area contributed by atoms with Crippen LogP contribution in [0.5, 0.6) is 5.75 Å². The van der Waals surface area contributed by atoms with Crippen LogP contribution >= 0.6 is 0 Å². The molecule has 0 bridgehead atoms. The molecule has 0 unspecified atom stereocenters. The summed E-state index contributed by atoms with van der Waals surface area (Å²) in [5, 5.41) is 10.8. The Hall–Kier alpha value is -1.51. The highest BCUT2D eigenvalue weighted by atomic mass is 16.5. The lowest BCUT2D eigenvalue weighted by Gasteiger charge is -2.14. The molecule has 0 aliphatic heterocycles. The molecule has 1 aromatic rings. The fraction of sp³-hybridized carbons (Fsp3) is 0.588. The van der Waals surface area contributed by atoms with E-state index in [0.717, 1.165) is 36.6 Å². The summed E-state index contributed by atoms with van der Waals surface area (Å²) in [5.74, 6) is 0.906. The highest BCUT2D eigenvalue weighted by molar-refractivity contribution is 5.80. The molecule has 0 radical (unpaired) electrons. The summed E-state index contributed by atoms with van der Waals surface area (Å²) < 4.78 is 5.86. The zero-order valence-corrected chi connectivity index (χ0v) is 12.9. The molecule has 0 amide bonds. The van der Waals surface area contributed by atoms with E-state index >= 15 is 0 Å². The minimum atomic E-state index is 0.765. The Morgan fingerprint density at radius 2 is 1.85 bits per heavy atom. The zero-order chi connectivity index (χ0) is 14.6. The summed E-state index contributed by atoms with van der Waals surface area (Å²) >= 11 is 0. The standard InChI is InChI=1S/C17H28N2O/c1-3-5-7-11-19-16-13-15(14-18)9-10-17(16)20-12-8-6-4-2/h9-10,13-14,18-19H,3-8,11-12H2,1-2H3. The van der Waals surface area contributed by atoms with Crippen molar-refractivity contribution in [3.63, 3.8) is 0 Å². The van der Waals surface area contributed by atoms with Crippen molar-refractivity contribution in [3.05, 3.63) is 23.8 Å². The van der Waals surface area contributed by atoms with E-state index in [1.807, 2.05) is 18.2 Å². The molecule has 3 heteroatoms. The van der Waals surface area contributed by atoms with Crippen molar-refractivity contribution in [2.75, 3.05) is 18.5 Å². The van der Waals surface area contributed by atoms with Crippen LogP contribution in [0.3, 0.4) is 0 Å². The highest BCUT2D eigenvalue weighted by Crippen LogP contribution is 2.25. The van der Waals surface area contributed by atoms with Gasteiger partial charge in [-0.25, -0.2) is 0 Å². The van der Waals surface area contributed by atoms with Crippen LogP contribution in [0, 0.1) is 5.41 Å². The molecule has 0 atom stereocenters. The summed E-state index contributed by atoms with van der Waals surface area (Å²) in [6.07, 6.45) is 8.51. The molecule has 0 heterocycles. The lowest BCUT2D eigenvalue weighted by Crippen LogP contribution is -2.06. The van der Waals surface area contributed by atoms with Crippen LogP contribution in [0.2, 0.25) is 0 Å². The Morgan fingerprint density at radius 1 is 1.10 bits per heavy atom. The lowest BCUT2D eigenvalue weighted by atomic mass is 10.2. The van der Waals surface area contributed by atoms with Crippen LogP contribution in [-0.2, 0) is 0 Å². The second kappa shape index (κ2) is 10.3. The van der Waals surface area contributed by atoms with Gasteiger partial charge in [0, 0.05) is 12.8 Å². The topological polar surface area (TPSA) is 45.1 Å². The lowest BCUT2D eigenvalue weighted by molar-refractivity contribution is 0.307. The normalized spacial score (nSPS) is 10.3. The molecule has 0 aliphatic carbocycles. The molecule has 0 fully saturated rings. The first kappa shape index (κ1) is 16.5. The summed E-state index contributed by atoms with van der Waals surface area (Å²) in [7, 11) is 0. The minimum Gasteiger partial charge on any atom is -0.491 e. The first-order valence-corrected chi connectivity index (χ1v) is 7.83. The second-order valence-electron chi connectivity index (χ2n) is 5.09. The van der Waals surface area contributed by atoms with Crippen LogP contribution in [0.15, 0.2) is 18.2 Å². The maximum absolute atomic E-state index is 7.35.